The van der Waals surface area contributed by atoms with Crippen molar-refractivity contribution >= 4 is 5.69 Å². The predicted octanol–water partition coefficient (Wildman–Crippen LogP) is 3.03. The van der Waals surface area contributed by atoms with Crippen molar-refractivity contribution in [2.24, 2.45) is 5.92 Å². The molecule has 0 spiro atoms. The molecule has 1 nitrogen and oxygen atoms in total. The Kier molecular flexibility index (Phi) is 1.83. The Bertz CT molecular complexity index is 317. The lowest BCUT2D eigenvalue weighted by molar-refractivity contribution is 0.371. The Morgan fingerprint density at radius 2 is 2.00 bits per heavy atom. The lowest BCUT2D eigenvalue weighted by Gasteiger charge is -2.28. The van der Waals surface area contributed by atoms with Gasteiger partial charge in [-0.2, -0.15) is 0 Å². The summed E-state index contributed by atoms with van der Waals surface area (Å²) in [6.45, 7) is 8.01. The molecule has 1 aliphatic rings. The SMILES string of the molecule is CC(C)C1(C)CNc2ccccc21. The Morgan fingerprint density at radius 1 is 1.31 bits per heavy atom. The summed E-state index contributed by atoms with van der Waals surface area (Å²) < 4.78 is 0. The van der Waals surface area contributed by atoms with Crippen LogP contribution in [0.5, 0.6) is 0 Å². The Morgan fingerprint density at radius 3 is 2.69 bits per heavy atom. The first-order valence-electron chi connectivity index (χ1n) is 4.98. The Hall–Kier alpha value is -0.980. The van der Waals surface area contributed by atoms with E-state index in [0.29, 0.717) is 11.3 Å². The molecule has 0 aromatic heterocycles. The summed E-state index contributed by atoms with van der Waals surface area (Å²) in [5.74, 6) is 0.684. The van der Waals surface area contributed by atoms with E-state index in [1.54, 1.807) is 0 Å². The molecule has 0 bridgehead atoms. The normalized spacial score (nSPS) is 25.8. The summed E-state index contributed by atoms with van der Waals surface area (Å²) in [6.07, 6.45) is 0. The minimum atomic E-state index is 0.316. The summed E-state index contributed by atoms with van der Waals surface area (Å²) in [6, 6.07) is 8.64. The molecular formula is C12H17N. The minimum absolute atomic E-state index is 0.316. The largest absolute Gasteiger partial charge is 0.384 e. The molecule has 1 atom stereocenters. The number of para-hydroxylation sites is 1. The highest BCUT2D eigenvalue weighted by Crippen LogP contribution is 2.41. The molecule has 1 aliphatic heterocycles. The van der Waals surface area contributed by atoms with Gasteiger partial charge in [0.25, 0.3) is 0 Å². The molecule has 70 valence electrons. The van der Waals surface area contributed by atoms with Crippen molar-refractivity contribution in [3.63, 3.8) is 0 Å². The number of hydrogen-bond donors (Lipinski definition) is 1. The molecule has 1 heterocycles. The third-order valence-corrected chi connectivity index (χ3v) is 3.46. The zero-order valence-electron chi connectivity index (χ0n) is 8.59. The summed E-state index contributed by atoms with van der Waals surface area (Å²) in [4.78, 5) is 0. The second kappa shape index (κ2) is 2.76. The van der Waals surface area contributed by atoms with Crippen LogP contribution < -0.4 is 5.32 Å². The molecule has 0 radical (unpaired) electrons. The van der Waals surface area contributed by atoms with E-state index in [4.69, 9.17) is 0 Å². The van der Waals surface area contributed by atoms with E-state index in [-0.39, 0.29) is 0 Å². The van der Waals surface area contributed by atoms with Crippen LogP contribution in [0.15, 0.2) is 24.3 Å². The van der Waals surface area contributed by atoms with Gasteiger partial charge in [-0.25, -0.2) is 0 Å². The van der Waals surface area contributed by atoms with E-state index >= 15 is 0 Å². The maximum Gasteiger partial charge on any atom is 0.0379 e. The molecule has 1 aromatic rings. The molecule has 0 saturated carbocycles. The molecule has 0 aliphatic carbocycles. The van der Waals surface area contributed by atoms with Gasteiger partial charge in [0.05, 0.1) is 0 Å². The van der Waals surface area contributed by atoms with Gasteiger partial charge in [0.2, 0.25) is 0 Å². The van der Waals surface area contributed by atoms with Crippen LogP contribution in [0.3, 0.4) is 0 Å². The molecule has 13 heavy (non-hydrogen) atoms. The first-order valence-corrected chi connectivity index (χ1v) is 4.98. The molecule has 1 heteroatoms. The van der Waals surface area contributed by atoms with E-state index in [1.165, 1.54) is 11.3 Å². The highest BCUT2D eigenvalue weighted by molar-refractivity contribution is 5.60. The van der Waals surface area contributed by atoms with Gasteiger partial charge in [0.15, 0.2) is 0 Å². The molecule has 1 aromatic carbocycles. The predicted molar refractivity (Wildman–Crippen MR) is 57.1 cm³/mol. The average Bonchev–Trinajstić information content (AvgIpc) is 2.47. The fourth-order valence-corrected chi connectivity index (χ4v) is 2.02. The Balaban J connectivity index is 2.49. The smallest absolute Gasteiger partial charge is 0.0379 e. The minimum Gasteiger partial charge on any atom is -0.384 e. The topological polar surface area (TPSA) is 12.0 Å². The molecule has 1 unspecified atom stereocenters. The quantitative estimate of drug-likeness (QED) is 0.691. The van der Waals surface area contributed by atoms with Gasteiger partial charge in [0.1, 0.15) is 0 Å². The number of benzene rings is 1. The number of hydrogen-bond acceptors (Lipinski definition) is 1. The van der Waals surface area contributed by atoms with Gasteiger partial charge in [-0.05, 0) is 17.5 Å². The van der Waals surface area contributed by atoms with Crippen molar-refractivity contribution in [3.05, 3.63) is 29.8 Å². The number of fused-ring (bicyclic) bond motifs is 1. The van der Waals surface area contributed by atoms with Crippen LogP contribution >= 0.6 is 0 Å². The van der Waals surface area contributed by atoms with Crippen molar-refractivity contribution in [1.29, 1.82) is 0 Å². The maximum atomic E-state index is 3.47. The van der Waals surface area contributed by atoms with Crippen molar-refractivity contribution in [3.8, 4) is 0 Å². The van der Waals surface area contributed by atoms with Crippen molar-refractivity contribution in [2.45, 2.75) is 26.2 Å². The Labute approximate surface area is 80.2 Å². The van der Waals surface area contributed by atoms with Crippen molar-refractivity contribution in [2.75, 3.05) is 11.9 Å². The van der Waals surface area contributed by atoms with E-state index in [2.05, 4.69) is 50.4 Å². The van der Waals surface area contributed by atoms with Crippen LogP contribution in [0.25, 0.3) is 0 Å². The van der Waals surface area contributed by atoms with Crippen LogP contribution in [0.4, 0.5) is 5.69 Å². The molecular weight excluding hydrogens is 158 g/mol. The lowest BCUT2D eigenvalue weighted by Crippen LogP contribution is -2.30. The maximum absolute atomic E-state index is 3.47. The second-order valence-corrected chi connectivity index (χ2v) is 4.47. The van der Waals surface area contributed by atoms with Crippen LogP contribution in [-0.2, 0) is 5.41 Å². The molecule has 0 saturated heterocycles. The summed E-state index contributed by atoms with van der Waals surface area (Å²) in [5, 5.41) is 3.47. The summed E-state index contributed by atoms with van der Waals surface area (Å²) >= 11 is 0. The first kappa shape index (κ1) is 8.61. The molecule has 0 fully saturated rings. The van der Waals surface area contributed by atoms with Gasteiger partial charge in [-0.3, -0.25) is 0 Å². The monoisotopic (exact) mass is 175 g/mol. The first-order chi connectivity index (χ1) is 6.14. The fraction of sp³-hybridized carbons (Fsp3) is 0.500. The molecule has 1 N–H and O–H groups in total. The highest BCUT2D eigenvalue weighted by Gasteiger charge is 2.36. The lowest BCUT2D eigenvalue weighted by atomic mass is 9.75. The zero-order chi connectivity index (χ0) is 9.47. The molecule has 2 rings (SSSR count). The van der Waals surface area contributed by atoms with Crippen molar-refractivity contribution < 1.29 is 0 Å². The van der Waals surface area contributed by atoms with Crippen molar-refractivity contribution in [1.82, 2.24) is 0 Å². The van der Waals surface area contributed by atoms with E-state index in [0.717, 1.165) is 6.54 Å². The van der Waals surface area contributed by atoms with Crippen LogP contribution in [0, 0.1) is 5.92 Å². The van der Waals surface area contributed by atoms with Gasteiger partial charge < -0.3 is 5.32 Å². The van der Waals surface area contributed by atoms with Crippen LogP contribution in [0.2, 0.25) is 0 Å². The molecule has 0 amide bonds. The highest BCUT2D eigenvalue weighted by atomic mass is 14.9. The van der Waals surface area contributed by atoms with Crippen LogP contribution in [0.1, 0.15) is 26.3 Å². The zero-order valence-corrected chi connectivity index (χ0v) is 8.59. The standard InChI is InChI=1S/C12H17N/c1-9(2)12(3)8-13-11-7-5-4-6-10(11)12/h4-7,9,13H,8H2,1-3H3. The van der Waals surface area contributed by atoms with E-state index < -0.39 is 0 Å². The summed E-state index contributed by atoms with van der Waals surface area (Å²) in [5.41, 5.74) is 3.11. The van der Waals surface area contributed by atoms with Gasteiger partial charge in [0, 0.05) is 17.6 Å². The van der Waals surface area contributed by atoms with Gasteiger partial charge in [-0.15, -0.1) is 0 Å². The van der Waals surface area contributed by atoms with E-state index in [9.17, 15) is 0 Å². The fourth-order valence-electron chi connectivity index (χ4n) is 2.02. The summed E-state index contributed by atoms with van der Waals surface area (Å²) in [7, 11) is 0. The third kappa shape index (κ3) is 1.14. The number of rotatable bonds is 1. The average molecular weight is 175 g/mol. The third-order valence-electron chi connectivity index (χ3n) is 3.46. The number of anilines is 1. The van der Waals surface area contributed by atoms with Crippen LogP contribution in [-0.4, -0.2) is 6.54 Å². The number of nitrogens with one attached hydrogen (secondary N) is 1. The second-order valence-electron chi connectivity index (χ2n) is 4.47. The van der Waals surface area contributed by atoms with E-state index in [1.807, 2.05) is 0 Å². The van der Waals surface area contributed by atoms with Gasteiger partial charge in [-0.1, -0.05) is 39.0 Å². The van der Waals surface area contributed by atoms with Gasteiger partial charge >= 0.3 is 0 Å².